The summed E-state index contributed by atoms with van der Waals surface area (Å²) in [5, 5.41) is 0. The molecule has 1 saturated carbocycles. The number of carbonyl (C=O) groups excluding carboxylic acids is 3. The van der Waals surface area contributed by atoms with E-state index in [0.717, 1.165) is 22.9 Å². The lowest BCUT2D eigenvalue weighted by Gasteiger charge is -2.36. The minimum Gasteiger partial charge on any atom is -0.469 e. The predicted molar refractivity (Wildman–Crippen MR) is 116 cm³/mol. The van der Waals surface area contributed by atoms with Gasteiger partial charge in [-0.05, 0) is 64.2 Å². The van der Waals surface area contributed by atoms with Crippen molar-refractivity contribution in [2.24, 2.45) is 5.41 Å². The first-order valence-corrected chi connectivity index (χ1v) is 11.2. The summed E-state index contributed by atoms with van der Waals surface area (Å²) in [6, 6.07) is 7.25. The smallest absolute Gasteiger partial charge is 0.410 e. The van der Waals surface area contributed by atoms with Gasteiger partial charge >= 0.3 is 12.1 Å². The molecule has 2 aliphatic rings. The lowest BCUT2D eigenvalue weighted by atomic mass is 9.88. The Morgan fingerprint density at radius 3 is 2.43 bits per heavy atom. The van der Waals surface area contributed by atoms with Gasteiger partial charge in [0.05, 0.1) is 18.6 Å². The van der Waals surface area contributed by atoms with Crippen LogP contribution >= 0.6 is 15.9 Å². The number of hydrogen-bond donors (Lipinski definition) is 0. The molecule has 0 N–H and O–H groups in total. The van der Waals surface area contributed by atoms with Crippen molar-refractivity contribution in [3.05, 3.63) is 34.3 Å². The normalized spacial score (nSPS) is 26.1. The molecule has 1 aromatic rings. The number of nitrogens with zero attached hydrogens (tertiary/aromatic N) is 1. The fourth-order valence-electron chi connectivity index (χ4n) is 4.37. The zero-order valence-electron chi connectivity index (χ0n) is 18.1. The molecule has 3 rings (SSSR count). The Hall–Kier alpha value is -1.89. The molecule has 30 heavy (non-hydrogen) atoms. The maximum Gasteiger partial charge on any atom is 0.410 e. The molecule has 1 aliphatic heterocycles. The molecule has 1 heterocycles. The van der Waals surface area contributed by atoms with Crippen molar-refractivity contribution in [1.29, 1.82) is 0 Å². The van der Waals surface area contributed by atoms with Crippen molar-refractivity contribution in [2.45, 2.75) is 70.4 Å². The lowest BCUT2D eigenvalue weighted by Crippen LogP contribution is -2.50. The van der Waals surface area contributed by atoms with Gasteiger partial charge in [-0.25, -0.2) is 4.79 Å². The van der Waals surface area contributed by atoms with Crippen LogP contribution in [-0.4, -0.2) is 48.0 Å². The Balaban J connectivity index is 1.77. The van der Waals surface area contributed by atoms with Crippen LogP contribution in [0, 0.1) is 5.41 Å². The number of hydrogen-bond acceptors (Lipinski definition) is 5. The molecular weight excluding hydrogens is 450 g/mol. The summed E-state index contributed by atoms with van der Waals surface area (Å²) in [6.45, 7) is 5.92. The maximum atomic E-state index is 13.3. The summed E-state index contributed by atoms with van der Waals surface area (Å²) >= 11 is 3.42. The van der Waals surface area contributed by atoms with Crippen LogP contribution in [0.1, 0.15) is 64.4 Å². The molecule has 0 radical (unpaired) electrons. The largest absolute Gasteiger partial charge is 0.469 e. The number of piperidine rings is 1. The van der Waals surface area contributed by atoms with Gasteiger partial charge in [-0.2, -0.15) is 0 Å². The average molecular weight is 480 g/mol. The van der Waals surface area contributed by atoms with Gasteiger partial charge in [-0.15, -0.1) is 0 Å². The highest BCUT2D eigenvalue weighted by Gasteiger charge is 2.62. The van der Waals surface area contributed by atoms with Gasteiger partial charge in [0, 0.05) is 23.4 Å². The Bertz CT molecular complexity index is 816. The minimum absolute atomic E-state index is 0.0550. The number of amides is 1. The van der Waals surface area contributed by atoms with Crippen LogP contribution in [-0.2, 0) is 19.1 Å². The van der Waals surface area contributed by atoms with Crippen molar-refractivity contribution in [3.8, 4) is 0 Å². The first kappa shape index (κ1) is 22.8. The van der Waals surface area contributed by atoms with Crippen LogP contribution in [0.3, 0.4) is 0 Å². The van der Waals surface area contributed by atoms with Gasteiger partial charge in [0.2, 0.25) is 0 Å². The molecule has 2 fully saturated rings. The third kappa shape index (κ3) is 4.88. The Morgan fingerprint density at radius 1 is 1.17 bits per heavy atom. The molecule has 7 heteroatoms. The zero-order chi connectivity index (χ0) is 22.1. The summed E-state index contributed by atoms with van der Waals surface area (Å²) in [4.78, 5) is 40.2. The first-order valence-electron chi connectivity index (χ1n) is 10.4. The van der Waals surface area contributed by atoms with E-state index in [0.29, 0.717) is 19.4 Å². The van der Waals surface area contributed by atoms with E-state index in [9.17, 15) is 14.4 Å². The van der Waals surface area contributed by atoms with Crippen LogP contribution in [0.5, 0.6) is 0 Å². The molecule has 0 bridgehead atoms. The van der Waals surface area contributed by atoms with Gasteiger partial charge < -0.3 is 9.47 Å². The number of likely N-dealkylation sites (tertiary alicyclic amines) is 1. The topological polar surface area (TPSA) is 72.9 Å². The molecule has 164 valence electrons. The highest BCUT2D eigenvalue weighted by atomic mass is 79.9. The van der Waals surface area contributed by atoms with E-state index < -0.39 is 23.2 Å². The monoisotopic (exact) mass is 479 g/mol. The van der Waals surface area contributed by atoms with E-state index in [4.69, 9.17) is 9.47 Å². The molecule has 1 amide bonds. The number of esters is 1. The summed E-state index contributed by atoms with van der Waals surface area (Å²) in [5.41, 5.74) is -0.459. The fourth-order valence-corrected chi connectivity index (χ4v) is 4.63. The van der Waals surface area contributed by atoms with Gasteiger partial charge in [-0.3, -0.25) is 14.5 Å². The summed E-state index contributed by atoms with van der Waals surface area (Å²) in [6.07, 6.45) is 2.49. The number of Topliss-reactive ketones (excluding diaryl/α,β-unsaturated/α-hetero) is 1. The summed E-state index contributed by atoms with van der Waals surface area (Å²) in [5.74, 6) is -0.505. The molecular formula is C23H30BrNO5. The third-order valence-corrected chi connectivity index (χ3v) is 6.46. The summed E-state index contributed by atoms with van der Waals surface area (Å²) < 4.78 is 11.5. The number of methoxy groups -OCH3 is 1. The third-order valence-electron chi connectivity index (χ3n) is 5.93. The van der Waals surface area contributed by atoms with Crippen molar-refractivity contribution in [2.75, 3.05) is 13.7 Å². The molecule has 0 aromatic heterocycles. The number of ketones is 1. The van der Waals surface area contributed by atoms with Crippen LogP contribution in [0.2, 0.25) is 0 Å². The van der Waals surface area contributed by atoms with Crippen LogP contribution < -0.4 is 0 Å². The number of halogens is 1. The SMILES string of the molecule is COC(=O)[C@@]1(CC(=O)[C@@H]2CCCCN2C(=O)OC(C)(C)C)C[C@@H]1c1ccc(Br)cc1. The van der Waals surface area contributed by atoms with Crippen molar-refractivity contribution < 1.29 is 23.9 Å². The van der Waals surface area contributed by atoms with E-state index in [-0.39, 0.29) is 24.1 Å². The van der Waals surface area contributed by atoms with Crippen molar-refractivity contribution >= 4 is 33.8 Å². The Morgan fingerprint density at radius 2 is 1.83 bits per heavy atom. The number of ether oxygens (including phenoxy) is 2. The zero-order valence-corrected chi connectivity index (χ0v) is 19.7. The maximum absolute atomic E-state index is 13.3. The van der Waals surface area contributed by atoms with Gasteiger partial charge in [-0.1, -0.05) is 28.1 Å². The quantitative estimate of drug-likeness (QED) is 0.564. The van der Waals surface area contributed by atoms with Gasteiger partial charge in [0.15, 0.2) is 5.78 Å². The fraction of sp³-hybridized carbons (Fsp3) is 0.609. The van der Waals surface area contributed by atoms with Crippen LogP contribution in [0.15, 0.2) is 28.7 Å². The molecule has 1 aromatic carbocycles. The second-order valence-electron chi connectivity index (χ2n) is 9.28. The van der Waals surface area contributed by atoms with Gasteiger partial charge in [0.25, 0.3) is 0 Å². The predicted octanol–water partition coefficient (Wildman–Crippen LogP) is 4.84. The molecule has 1 saturated heterocycles. The van der Waals surface area contributed by atoms with E-state index >= 15 is 0 Å². The standard InChI is InChI=1S/C23H30BrNO5/c1-22(2,3)30-21(28)25-12-6-5-7-18(25)19(26)14-23(20(27)29-4)13-17(23)15-8-10-16(24)11-9-15/h8-11,17-18H,5-7,12-14H2,1-4H3/t17-,18+,23-/m1/s1. The second kappa shape index (κ2) is 8.69. The number of rotatable bonds is 5. The summed E-state index contributed by atoms with van der Waals surface area (Å²) in [7, 11) is 1.36. The van der Waals surface area contributed by atoms with Crippen molar-refractivity contribution in [1.82, 2.24) is 4.90 Å². The molecule has 6 nitrogen and oxygen atoms in total. The van der Waals surface area contributed by atoms with Crippen LogP contribution in [0.25, 0.3) is 0 Å². The second-order valence-corrected chi connectivity index (χ2v) is 10.2. The van der Waals surface area contributed by atoms with Gasteiger partial charge in [0.1, 0.15) is 5.60 Å². The van der Waals surface area contributed by atoms with E-state index in [1.165, 1.54) is 7.11 Å². The first-order chi connectivity index (χ1) is 14.1. The average Bonchev–Trinajstić information content (AvgIpc) is 3.41. The Kier molecular flexibility index (Phi) is 6.60. The number of benzene rings is 1. The Labute approximate surface area is 186 Å². The van der Waals surface area contributed by atoms with E-state index in [1.807, 2.05) is 45.0 Å². The van der Waals surface area contributed by atoms with E-state index in [1.54, 1.807) is 4.90 Å². The molecule has 1 aliphatic carbocycles. The minimum atomic E-state index is -0.850. The number of carbonyl (C=O) groups is 3. The highest BCUT2D eigenvalue weighted by Crippen LogP contribution is 2.62. The molecule has 0 spiro atoms. The highest BCUT2D eigenvalue weighted by molar-refractivity contribution is 9.10. The van der Waals surface area contributed by atoms with Crippen LogP contribution in [0.4, 0.5) is 4.79 Å². The molecule has 3 atom stereocenters. The lowest BCUT2D eigenvalue weighted by molar-refractivity contribution is -0.149. The molecule has 0 unspecified atom stereocenters. The van der Waals surface area contributed by atoms with E-state index in [2.05, 4.69) is 15.9 Å². The van der Waals surface area contributed by atoms with Crippen molar-refractivity contribution in [3.63, 3.8) is 0 Å².